The van der Waals surface area contributed by atoms with Crippen molar-refractivity contribution in [1.82, 2.24) is 0 Å². The molecule has 1 unspecified atom stereocenters. The third-order valence-electron chi connectivity index (χ3n) is 2.79. The predicted molar refractivity (Wildman–Crippen MR) is 71.0 cm³/mol. The van der Waals surface area contributed by atoms with Crippen LogP contribution in [-0.4, -0.2) is 11.9 Å². The number of carbonyl (C=O) groups is 1. The van der Waals surface area contributed by atoms with Gasteiger partial charge < -0.3 is 4.74 Å². The quantitative estimate of drug-likeness (QED) is 0.808. The monoisotopic (exact) mass is 254 g/mol. The topological polar surface area (TPSA) is 26.3 Å². The van der Waals surface area contributed by atoms with E-state index < -0.39 is 6.10 Å². The van der Waals surface area contributed by atoms with Gasteiger partial charge in [-0.1, -0.05) is 25.4 Å². The van der Waals surface area contributed by atoms with Crippen LogP contribution in [0.25, 0.3) is 0 Å². The molecule has 0 fully saturated rings. The van der Waals surface area contributed by atoms with E-state index in [9.17, 15) is 4.79 Å². The Morgan fingerprint density at radius 3 is 2.35 bits per heavy atom. The van der Waals surface area contributed by atoms with Crippen LogP contribution in [0.2, 0.25) is 5.02 Å². The molecule has 1 aromatic carbocycles. The third-order valence-corrected chi connectivity index (χ3v) is 3.20. The number of Topliss-reactive ketones (excluding diaryl/α,β-unsaturated/α-hetero) is 1. The zero-order chi connectivity index (χ0) is 13.2. The molecule has 2 nitrogen and oxygen atoms in total. The Bertz CT molecular complexity index is 424. The van der Waals surface area contributed by atoms with Crippen molar-refractivity contribution in [3.8, 4) is 5.75 Å². The molecule has 0 aliphatic heterocycles. The largest absolute Gasteiger partial charge is 0.483 e. The first-order valence-electron chi connectivity index (χ1n) is 5.80. The lowest BCUT2D eigenvalue weighted by Crippen LogP contribution is -2.21. The van der Waals surface area contributed by atoms with Gasteiger partial charge in [-0.3, -0.25) is 4.79 Å². The maximum Gasteiger partial charge on any atom is 0.169 e. The van der Waals surface area contributed by atoms with Crippen LogP contribution in [0, 0.1) is 6.92 Å². The normalized spacial score (nSPS) is 12.6. The molecule has 0 heterocycles. The highest BCUT2D eigenvalue weighted by atomic mass is 35.5. The first-order valence-corrected chi connectivity index (χ1v) is 6.17. The average molecular weight is 255 g/mol. The number of ether oxygens (including phenoxy) is 1. The summed E-state index contributed by atoms with van der Waals surface area (Å²) in [5.41, 5.74) is 2.00. The van der Waals surface area contributed by atoms with Gasteiger partial charge in [0, 0.05) is 5.02 Å². The number of ketones is 1. The molecule has 0 bridgehead atoms. The van der Waals surface area contributed by atoms with Crippen molar-refractivity contribution in [2.45, 2.75) is 46.6 Å². The Balaban J connectivity index is 3.12. The highest BCUT2D eigenvalue weighted by molar-refractivity contribution is 6.31. The molecular weight excluding hydrogens is 236 g/mol. The fourth-order valence-electron chi connectivity index (χ4n) is 1.50. The van der Waals surface area contributed by atoms with Crippen LogP contribution in [-0.2, 0) is 4.79 Å². The molecular formula is C14H19ClO2. The summed E-state index contributed by atoms with van der Waals surface area (Å²) < 4.78 is 5.70. The molecule has 0 aliphatic carbocycles. The maximum absolute atomic E-state index is 11.2. The summed E-state index contributed by atoms with van der Waals surface area (Å²) in [6.07, 6.45) is -0.423. The van der Waals surface area contributed by atoms with E-state index in [1.165, 1.54) is 6.92 Å². The molecule has 3 heteroatoms. The van der Waals surface area contributed by atoms with Crippen LogP contribution in [0.3, 0.4) is 0 Å². The van der Waals surface area contributed by atoms with Gasteiger partial charge >= 0.3 is 0 Å². The Labute approximate surface area is 108 Å². The number of rotatable bonds is 4. The molecule has 0 saturated carbocycles. The molecule has 1 atom stereocenters. The standard InChI is InChI=1S/C14H19ClO2/c1-8(2)12-7-13(15)9(3)6-14(12)17-11(5)10(4)16/h6-8,11H,1-5H3. The molecule has 0 aromatic heterocycles. The second-order valence-electron chi connectivity index (χ2n) is 4.66. The highest BCUT2D eigenvalue weighted by Crippen LogP contribution is 2.32. The molecule has 0 saturated heterocycles. The van der Waals surface area contributed by atoms with Crippen molar-refractivity contribution in [2.75, 3.05) is 0 Å². The van der Waals surface area contributed by atoms with Gasteiger partial charge in [-0.15, -0.1) is 0 Å². The second-order valence-corrected chi connectivity index (χ2v) is 5.07. The van der Waals surface area contributed by atoms with E-state index >= 15 is 0 Å². The van der Waals surface area contributed by atoms with Crippen molar-refractivity contribution in [1.29, 1.82) is 0 Å². The van der Waals surface area contributed by atoms with Gasteiger partial charge in [-0.05, 0) is 49.9 Å². The van der Waals surface area contributed by atoms with Crippen molar-refractivity contribution in [3.05, 3.63) is 28.3 Å². The van der Waals surface area contributed by atoms with Crippen LogP contribution in [0.1, 0.15) is 44.7 Å². The predicted octanol–water partition coefficient (Wildman–Crippen LogP) is 4.13. The third kappa shape index (κ3) is 3.47. The SMILES string of the molecule is CC(=O)C(C)Oc1cc(C)c(Cl)cc1C(C)C. The van der Waals surface area contributed by atoms with Crippen LogP contribution < -0.4 is 4.74 Å². The van der Waals surface area contributed by atoms with Crippen molar-refractivity contribution < 1.29 is 9.53 Å². The minimum atomic E-state index is -0.423. The van der Waals surface area contributed by atoms with Crippen molar-refractivity contribution in [3.63, 3.8) is 0 Å². The summed E-state index contributed by atoms with van der Waals surface area (Å²) >= 11 is 6.11. The molecule has 1 aromatic rings. The van der Waals surface area contributed by atoms with E-state index in [4.69, 9.17) is 16.3 Å². The zero-order valence-electron chi connectivity index (χ0n) is 11.0. The van der Waals surface area contributed by atoms with Gasteiger partial charge in [0.25, 0.3) is 0 Å². The molecule has 0 N–H and O–H groups in total. The summed E-state index contributed by atoms with van der Waals surface area (Å²) in [7, 11) is 0. The molecule has 17 heavy (non-hydrogen) atoms. The summed E-state index contributed by atoms with van der Waals surface area (Å²) in [6.45, 7) is 9.37. The minimum absolute atomic E-state index is 0.0207. The van der Waals surface area contributed by atoms with Gasteiger partial charge in [0.1, 0.15) is 5.75 Å². The van der Waals surface area contributed by atoms with Gasteiger partial charge in [-0.2, -0.15) is 0 Å². The van der Waals surface area contributed by atoms with Crippen molar-refractivity contribution >= 4 is 17.4 Å². The zero-order valence-corrected chi connectivity index (χ0v) is 11.8. The number of hydrogen-bond acceptors (Lipinski definition) is 2. The van der Waals surface area contributed by atoms with E-state index in [1.807, 2.05) is 19.1 Å². The number of aryl methyl sites for hydroxylation is 1. The fourth-order valence-corrected chi connectivity index (χ4v) is 1.67. The number of carbonyl (C=O) groups excluding carboxylic acids is 1. The summed E-state index contributed by atoms with van der Waals surface area (Å²) in [4.78, 5) is 11.2. The molecule has 0 amide bonds. The van der Waals surface area contributed by atoms with Crippen LogP contribution >= 0.6 is 11.6 Å². The fraction of sp³-hybridized carbons (Fsp3) is 0.500. The number of hydrogen-bond donors (Lipinski definition) is 0. The number of halogens is 1. The molecule has 0 aliphatic rings. The summed E-state index contributed by atoms with van der Waals surface area (Å²) in [6, 6.07) is 3.82. The Morgan fingerprint density at radius 1 is 1.29 bits per heavy atom. The van der Waals surface area contributed by atoms with E-state index in [0.29, 0.717) is 5.92 Å². The lowest BCUT2D eigenvalue weighted by Gasteiger charge is -2.18. The number of benzene rings is 1. The van der Waals surface area contributed by atoms with E-state index in [1.54, 1.807) is 6.92 Å². The van der Waals surface area contributed by atoms with Crippen LogP contribution in [0.15, 0.2) is 12.1 Å². The van der Waals surface area contributed by atoms with Gasteiger partial charge in [-0.25, -0.2) is 0 Å². The lowest BCUT2D eigenvalue weighted by atomic mass is 10.0. The first-order chi connectivity index (χ1) is 7.82. The Morgan fingerprint density at radius 2 is 1.88 bits per heavy atom. The minimum Gasteiger partial charge on any atom is -0.483 e. The van der Waals surface area contributed by atoms with E-state index in [2.05, 4.69) is 13.8 Å². The maximum atomic E-state index is 11.2. The first kappa shape index (κ1) is 14.0. The van der Waals surface area contributed by atoms with E-state index in [0.717, 1.165) is 21.9 Å². The molecule has 1 rings (SSSR count). The van der Waals surface area contributed by atoms with Crippen LogP contribution in [0.5, 0.6) is 5.75 Å². The second kappa shape index (κ2) is 5.54. The van der Waals surface area contributed by atoms with Gasteiger partial charge in [0.15, 0.2) is 11.9 Å². The summed E-state index contributed by atoms with van der Waals surface area (Å²) in [5, 5.41) is 0.733. The van der Waals surface area contributed by atoms with Crippen LogP contribution in [0.4, 0.5) is 0 Å². The van der Waals surface area contributed by atoms with Gasteiger partial charge in [0.2, 0.25) is 0 Å². The average Bonchev–Trinajstić information content (AvgIpc) is 2.22. The Kier molecular flexibility index (Phi) is 4.58. The Hall–Kier alpha value is -1.02. The van der Waals surface area contributed by atoms with Crippen molar-refractivity contribution in [2.24, 2.45) is 0 Å². The van der Waals surface area contributed by atoms with Gasteiger partial charge in [0.05, 0.1) is 0 Å². The highest BCUT2D eigenvalue weighted by Gasteiger charge is 2.15. The molecule has 0 spiro atoms. The smallest absolute Gasteiger partial charge is 0.169 e. The lowest BCUT2D eigenvalue weighted by molar-refractivity contribution is -0.122. The van der Waals surface area contributed by atoms with E-state index in [-0.39, 0.29) is 5.78 Å². The molecule has 0 radical (unpaired) electrons. The molecule has 94 valence electrons. The summed E-state index contributed by atoms with van der Waals surface area (Å²) in [5.74, 6) is 1.08.